The molecule has 6 nitrogen and oxygen atoms in total. The first kappa shape index (κ1) is 19.2. The van der Waals surface area contributed by atoms with E-state index in [1.807, 2.05) is 60.7 Å². The molecule has 0 aliphatic carbocycles. The minimum Gasteiger partial charge on any atom is -0.497 e. The minimum absolute atomic E-state index is 0.0511. The monoisotopic (exact) mass is 368 g/mol. The highest BCUT2D eigenvalue weighted by Crippen LogP contribution is 2.15. The fourth-order valence-corrected chi connectivity index (χ4v) is 2.57. The Kier molecular flexibility index (Phi) is 7.40. The second-order valence-corrected chi connectivity index (χ2v) is 5.85. The fourth-order valence-electron chi connectivity index (χ4n) is 2.31. The molecule has 1 unspecified atom stereocenters. The number of hydrogen-bond acceptors (Lipinski definition) is 4. The fraction of sp³-hybridized carbons (Fsp3) is 0.211. The van der Waals surface area contributed by atoms with Gasteiger partial charge in [-0.05, 0) is 42.0 Å². The Balaban J connectivity index is 2.02. The highest BCUT2D eigenvalue weighted by molar-refractivity contribution is 7.80. The van der Waals surface area contributed by atoms with Gasteiger partial charge in [-0.3, -0.25) is 4.79 Å². The number of amides is 1. The number of anilines is 1. The van der Waals surface area contributed by atoms with Crippen LogP contribution in [0.15, 0.2) is 54.6 Å². The van der Waals surface area contributed by atoms with Crippen LogP contribution in [0.3, 0.4) is 0 Å². The Bertz CT molecular complexity index is 772. The zero-order valence-electron chi connectivity index (χ0n) is 14.4. The Morgan fingerprint density at radius 2 is 1.88 bits per heavy atom. The van der Waals surface area contributed by atoms with E-state index in [1.165, 1.54) is 0 Å². The molecule has 0 aliphatic heterocycles. The summed E-state index contributed by atoms with van der Waals surface area (Å²) in [6.07, 6.45) is 0.447. The Morgan fingerprint density at radius 3 is 2.50 bits per heavy atom. The second-order valence-electron chi connectivity index (χ2n) is 5.45. The van der Waals surface area contributed by atoms with Crippen molar-refractivity contribution in [2.45, 2.75) is 12.5 Å². The first-order chi connectivity index (χ1) is 12.6. The molecule has 0 fully saturated rings. The number of methoxy groups -OCH3 is 1. The molecule has 2 aromatic carbocycles. The quantitative estimate of drug-likeness (QED) is 0.513. The maximum Gasteiger partial charge on any atom is 0.243 e. The largest absolute Gasteiger partial charge is 0.497 e. The number of hydrogen-bond donors (Lipinski definition) is 3. The third-order valence-electron chi connectivity index (χ3n) is 3.59. The van der Waals surface area contributed by atoms with Crippen molar-refractivity contribution >= 4 is 28.9 Å². The molecule has 3 N–H and O–H groups in total. The van der Waals surface area contributed by atoms with Crippen molar-refractivity contribution in [1.82, 2.24) is 10.6 Å². The summed E-state index contributed by atoms with van der Waals surface area (Å²) >= 11 is 5.32. The molecule has 0 saturated carbocycles. The van der Waals surface area contributed by atoms with Gasteiger partial charge in [0.05, 0.1) is 13.2 Å². The topological polar surface area (TPSA) is 86.2 Å². The molecule has 0 aliphatic rings. The highest BCUT2D eigenvalue weighted by Gasteiger charge is 2.19. The van der Waals surface area contributed by atoms with E-state index in [0.29, 0.717) is 11.5 Å². The Morgan fingerprint density at radius 1 is 1.19 bits per heavy atom. The van der Waals surface area contributed by atoms with Gasteiger partial charge >= 0.3 is 0 Å². The van der Waals surface area contributed by atoms with E-state index in [-0.39, 0.29) is 12.5 Å². The number of ether oxygens (including phenoxy) is 1. The number of nitriles is 1. The summed E-state index contributed by atoms with van der Waals surface area (Å²) in [6, 6.07) is 18.2. The van der Waals surface area contributed by atoms with E-state index < -0.39 is 6.04 Å². The van der Waals surface area contributed by atoms with Crippen LogP contribution in [0.2, 0.25) is 0 Å². The van der Waals surface area contributed by atoms with Gasteiger partial charge in [0.25, 0.3) is 0 Å². The molecule has 134 valence electrons. The van der Waals surface area contributed by atoms with Gasteiger partial charge in [-0.25, -0.2) is 0 Å². The van der Waals surface area contributed by atoms with Gasteiger partial charge in [0.15, 0.2) is 5.11 Å². The van der Waals surface area contributed by atoms with Gasteiger partial charge in [0, 0.05) is 12.1 Å². The molecule has 7 heteroatoms. The Hall–Kier alpha value is -3.11. The number of thiocarbonyl (C=S) groups is 1. The minimum atomic E-state index is -0.594. The van der Waals surface area contributed by atoms with E-state index in [0.717, 1.165) is 17.0 Å². The standard InChI is InChI=1S/C19H20N4O2S/c1-25-16-9-7-15(8-10-16)22-19(26)23-17(18(24)21-12-11-20)13-14-5-3-2-4-6-14/h2-10,17H,12-13H2,1H3,(H,21,24)(H2,22,23,26). The lowest BCUT2D eigenvalue weighted by atomic mass is 10.1. The molecular weight excluding hydrogens is 348 g/mol. The number of rotatable bonds is 7. The molecule has 26 heavy (non-hydrogen) atoms. The smallest absolute Gasteiger partial charge is 0.243 e. The summed E-state index contributed by atoms with van der Waals surface area (Å²) in [5.74, 6) is 0.460. The number of nitrogens with one attached hydrogen (secondary N) is 3. The number of carbonyl (C=O) groups excluding carboxylic acids is 1. The number of benzene rings is 2. The van der Waals surface area contributed by atoms with E-state index in [1.54, 1.807) is 7.11 Å². The molecule has 0 bridgehead atoms. The van der Waals surface area contributed by atoms with Crippen molar-refractivity contribution in [1.29, 1.82) is 5.26 Å². The van der Waals surface area contributed by atoms with E-state index in [4.69, 9.17) is 22.2 Å². The third kappa shape index (κ3) is 6.07. The van der Waals surface area contributed by atoms with Gasteiger partial charge in [-0.1, -0.05) is 30.3 Å². The summed E-state index contributed by atoms with van der Waals surface area (Å²) in [5, 5.41) is 17.6. The van der Waals surface area contributed by atoms with Crippen molar-refractivity contribution in [3.05, 3.63) is 60.2 Å². The molecule has 1 amide bonds. The van der Waals surface area contributed by atoms with E-state index in [9.17, 15) is 4.79 Å². The predicted molar refractivity (Wildman–Crippen MR) is 105 cm³/mol. The summed E-state index contributed by atoms with van der Waals surface area (Å²) in [5.41, 5.74) is 1.77. The highest BCUT2D eigenvalue weighted by atomic mass is 32.1. The molecule has 1 atom stereocenters. The maximum atomic E-state index is 12.3. The van der Waals surface area contributed by atoms with Crippen LogP contribution in [0, 0.1) is 11.3 Å². The van der Waals surface area contributed by atoms with Gasteiger partial charge in [0.2, 0.25) is 5.91 Å². The van der Waals surface area contributed by atoms with Crippen molar-refractivity contribution in [2.24, 2.45) is 0 Å². The summed E-state index contributed by atoms with van der Waals surface area (Å²) in [6.45, 7) is -0.0511. The molecule has 0 radical (unpaired) electrons. The van der Waals surface area contributed by atoms with Crippen LogP contribution >= 0.6 is 12.2 Å². The SMILES string of the molecule is COc1ccc(NC(=S)NC(Cc2ccccc2)C(=O)NCC#N)cc1. The average Bonchev–Trinajstić information content (AvgIpc) is 2.67. The van der Waals surface area contributed by atoms with Gasteiger partial charge in [-0.15, -0.1) is 0 Å². The van der Waals surface area contributed by atoms with E-state index >= 15 is 0 Å². The van der Waals surface area contributed by atoms with Crippen molar-refractivity contribution < 1.29 is 9.53 Å². The lowest BCUT2D eigenvalue weighted by molar-refractivity contribution is -0.122. The molecule has 2 aromatic rings. The van der Waals surface area contributed by atoms with Crippen LogP contribution in [-0.2, 0) is 11.2 Å². The number of nitrogens with zero attached hydrogens (tertiary/aromatic N) is 1. The van der Waals surface area contributed by atoms with Gasteiger partial charge in [0.1, 0.15) is 18.3 Å². The van der Waals surface area contributed by atoms with Crippen LogP contribution in [0.25, 0.3) is 0 Å². The molecule has 0 heterocycles. The zero-order chi connectivity index (χ0) is 18.8. The van der Waals surface area contributed by atoms with Gasteiger partial charge < -0.3 is 20.7 Å². The average molecular weight is 368 g/mol. The zero-order valence-corrected chi connectivity index (χ0v) is 15.2. The van der Waals surface area contributed by atoms with Crippen LogP contribution in [0.5, 0.6) is 5.75 Å². The lowest BCUT2D eigenvalue weighted by Gasteiger charge is -2.20. The van der Waals surface area contributed by atoms with Gasteiger partial charge in [-0.2, -0.15) is 5.26 Å². The van der Waals surface area contributed by atoms with Crippen LogP contribution in [0.4, 0.5) is 5.69 Å². The second kappa shape index (κ2) is 10.0. The van der Waals surface area contributed by atoms with Crippen molar-refractivity contribution in [3.63, 3.8) is 0 Å². The summed E-state index contributed by atoms with van der Waals surface area (Å²) in [7, 11) is 1.60. The van der Waals surface area contributed by atoms with Crippen LogP contribution in [-0.4, -0.2) is 30.7 Å². The van der Waals surface area contributed by atoms with Crippen molar-refractivity contribution in [3.8, 4) is 11.8 Å². The third-order valence-corrected chi connectivity index (χ3v) is 3.81. The van der Waals surface area contributed by atoms with Crippen molar-refractivity contribution in [2.75, 3.05) is 19.0 Å². The lowest BCUT2D eigenvalue weighted by Crippen LogP contribution is -2.49. The molecule has 2 rings (SSSR count). The predicted octanol–water partition coefficient (Wildman–Crippen LogP) is 2.23. The maximum absolute atomic E-state index is 12.3. The normalized spacial score (nSPS) is 10.9. The number of carbonyl (C=O) groups is 1. The summed E-state index contributed by atoms with van der Waals surface area (Å²) < 4.78 is 5.12. The molecule has 0 saturated heterocycles. The molecule has 0 spiro atoms. The van der Waals surface area contributed by atoms with E-state index in [2.05, 4.69) is 16.0 Å². The van der Waals surface area contributed by atoms with Crippen LogP contribution in [0.1, 0.15) is 5.56 Å². The Labute approximate surface area is 158 Å². The first-order valence-electron chi connectivity index (χ1n) is 8.02. The molecule has 0 aromatic heterocycles. The molecular formula is C19H20N4O2S. The first-order valence-corrected chi connectivity index (χ1v) is 8.43. The summed E-state index contributed by atoms with van der Waals surface area (Å²) in [4.78, 5) is 12.3. The van der Waals surface area contributed by atoms with Crippen LogP contribution < -0.4 is 20.7 Å².